The molecule has 0 amide bonds. The van der Waals surface area contributed by atoms with Crippen LogP contribution in [0.25, 0.3) is 0 Å². The molecule has 0 radical (unpaired) electrons. The summed E-state index contributed by atoms with van der Waals surface area (Å²) in [6.07, 6.45) is 0.412. The van der Waals surface area contributed by atoms with Crippen molar-refractivity contribution in [2.24, 2.45) is 5.41 Å². The van der Waals surface area contributed by atoms with Crippen LogP contribution in [0.4, 0.5) is 4.48 Å². The average Bonchev–Trinajstić information content (AvgIpc) is 2.22. The molecule has 3 nitrogen and oxygen atoms in total. The van der Waals surface area contributed by atoms with Crippen molar-refractivity contribution in [2.75, 3.05) is 0 Å². The molecule has 0 fully saturated rings. The first-order chi connectivity index (χ1) is 7.74. The van der Waals surface area contributed by atoms with Gasteiger partial charge >= 0.3 is 0 Å². The van der Waals surface area contributed by atoms with Crippen LogP contribution in [-0.2, 0) is 16.4 Å². The minimum Gasteiger partial charge on any atom is -0.205 e. The molecule has 1 aromatic rings. The van der Waals surface area contributed by atoms with Crippen LogP contribution in [0, 0.1) is 5.41 Å². The maximum Gasteiger partial charge on any atom is 0.269 e. The van der Waals surface area contributed by atoms with Gasteiger partial charge in [-0.05, 0) is 28.0 Å². The van der Waals surface area contributed by atoms with Crippen molar-refractivity contribution < 1.29 is 12.9 Å². The first kappa shape index (κ1) is 12.5. The molecule has 0 spiro atoms. The Hall–Kier alpha value is -0.940. The summed E-state index contributed by atoms with van der Waals surface area (Å²) >= 11 is 0. The Morgan fingerprint density at radius 1 is 1.29 bits per heavy atom. The Bertz CT molecular complexity index is 534. The van der Waals surface area contributed by atoms with Gasteiger partial charge in [-0.2, -0.15) is 0 Å². The fraction of sp³-hybridized carbons (Fsp3) is 0.500. The maximum atomic E-state index is 14.0. The summed E-state index contributed by atoms with van der Waals surface area (Å²) in [6, 6.07) is 5.95. The van der Waals surface area contributed by atoms with E-state index in [0.29, 0.717) is 12.0 Å². The van der Waals surface area contributed by atoms with Gasteiger partial charge in [-0.1, -0.05) is 39.0 Å². The number of hydrogen-bond donors (Lipinski definition) is 0. The molecular formula is C12H16FNO2S. The number of fused-ring (bicyclic) bond motifs is 1. The molecule has 5 heteroatoms. The summed E-state index contributed by atoms with van der Waals surface area (Å²) in [4.78, 5) is 0.0861. The SMILES string of the molecule is CC(C)(C)C1Cc2ccccc2S(=O)(=O)N1F. The number of nitrogens with zero attached hydrogens (tertiary/aromatic N) is 1. The van der Waals surface area contributed by atoms with E-state index >= 15 is 0 Å². The third kappa shape index (κ3) is 1.98. The largest absolute Gasteiger partial charge is 0.269 e. The fourth-order valence-electron chi connectivity index (χ4n) is 2.08. The van der Waals surface area contributed by atoms with Crippen LogP contribution in [0.15, 0.2) is 29.2 Å². The van der Waals surface area contributed by atoms with E-state index in [1.165, 1.54) is 6.07 Å². The van der Waals surface area contributed by atoms with E-state index in [1.807, 2.05) is 20.8 Å². The highest BCUT2D eigenvalue weighted by molar-refractivity contribution is 7.89. The van der Waals surface area contributed by atoms with E-state index in [2.05, 4.69) is 0 Å². The molecule has 94 valence electrons. The van der Waals surface area contributed by atoms with E-state index < -0.39 is 21.5 Å². The fourth-order valence-corrected chi connectivity index (χ4v) is 3.72. The third-order valence-corrected chi connectivity index (χ3v) is 4.81. The van der Waals surface area contributed by atoms with Crippen LogP contribution < -0.4 is 0 Å². The van der Waals surface area contributed by atoms with E-state index in [0.717, 1.165) is 0 Å². The van der Waals surface area contributed by atoms with Gasteiger partial charge in [-0.3, -0.25) is 0 Å². The number of hydrogen-bond acceptors (Lipinski definition) is 2. The molecule has 1 heterocycles. The Kier molecular flexibility index (Phi) is 2.78. The standard InChI is InChI=1S/C12H16FNO2S/c1-12(2,3)11-8-9-6-4-5-7-10(9)17(15,16)14(11)13/h4-7,11H,8H2,1-3H3. The van der Waals surface area contributed by atoms with Gasteiger partial charge in [0.2, 0.25) is 0 Å². The quantitative estimate of drug-likeness (QED) is 0.670. The van der Waals surface area contributed by atoms with E-state index in [9.17, 15) is 12.9 Å². The Labute approximate surface area is 101 Å². The highest BCUT2D eigenvalue weighted by Gasteiger charge is 2.44. The molecule has 2 rings (SSSR count). The van der Waals surface area contributed by atoms with Crippen LogP contribution in [0.5, 0.6) is 0 Å². The van der Waals surface area contributed by atoms with Crippen molar-refractivity contribution in [3.05, 3.63) is 29.8 Å². The van der Waals surface area contributed by atoms with Gasteiger partial charge in [0.25, 0.3) is 10.0 Å². The lowest BCUT2D eigenvalue weighted by molar-refractivity contribution is 0.0206. The molecule has 0 aromatic heterocycles. The number of sulfonamides is 1. The monoisotopic (exact) mass is 257 g/mol. The molecule has 1 aliphatic heterocycles. The summed E-state index contributed by atoms with van der Waals surface area (Å²) in [5, 5.41) is 0. The topological polar surface area (TPSA) is 37.4 Å². The van der Waals surface area contributed by atoms with Crippen molar-refractivity contribution in [2.45, 2.75) is 38.1 Å². The number of halogens is 1. The zero-order chi connectivity index (χ0) is 12.8. The molecule has 1 aromatic carbocycles. The summed E-state index contributed by atoms with van der Waals surface area (Å²) in [6.45, 7) is 5.52. The number of rotatable bonds is 0. The van der Waals surface area contributed by atoms with Crippen molar-refractivity contribution in [1.82, 2.24) is 4.53 Å². The Balaban J connectivity index is 2.59. The zero-order valence-electron chi connectivity index (χ0n) is 10.1. The lowest BCUT2D eigenvalue weighted by Gasteiger charge is -2.37. The predicted molar refractivity (Wildman–Crippen MR) is 63.5 cm³/mol. The number of benzene rings is 1. The minimum absolute atomic E-state index is 0.0231. The molecule has 0 N–H and O–H groups in total. The van der Waals surface area contributed by atoms with E-state index in [-0.39, 0.29) is 9.42 Å². The highest BCUT2D eigenvalue weighted by atomic mass is 32.2. The van der Waals surface area contributed by atoms with E-state index in [4.69, 9.17) is 0 Å². The Morgan fingerprint density at radius 2 is 1.88 bits per heavy atom. The summed E-state index contributed by atoms with van der Waals surface area (Å²) in [5.74, 6) is 0. The van der Waals surface area contributed by atoms with Gasteiger partial charge in [0, 0.05) is 0 Å². The second kappa shape index (κ2) is 3.78. The van der Waals surface area contributed by atoms with Gasteiger partial charge in [0.15, 0.2) is 0 Å². The van der Waals surface area contributed by atoms with Crippen molar-refractivity contribution in [3.8, 4) is 0 Å². The van der Waals surface area contributed by atoms with Crippen LogP contribution in [0.3, 0.4) is 0 Å². The molecule has 1 aliphatic rings. The lowest BCUT2D eigenvalue weighted by Crippen LogP contribution is -2.47. The summed E-state index contributed by atoms with van der Waals surface area (Å²) < 4.78 is 38.1. The molecule has 1 unspecified atom stereocenters. The molecule has 1 atom stereocenters. The average molecular weight is 257 g/mol. The van der Waals surface area contributed by atoms with Crippen molar-refractivity contribution >= 4 is 10.0 Å². The Morgan fingerprint density at radius 3 is 2.47 bits per heavy atom. The minimum atomic E-state index is -3.99. The highest BCUT2D eigenvalue weighted by Crippen LogP contribution is 2.37. The first-order valence-corrected chi connectivity index (χ1v) is 6.97. The van der Waals surface area contributed by atoms with Crippen LogP contribution >= 0.6 is 0 Å². The van der Waals surface area contributed by atoms with Crippen molar-refractivity contribution in [3.63, 3.8) is 0 Å². The molecule has 17 heavy (non-hydrogen) atoms. The van der Waals surface area contributed by atoms with Crippen molar-refractivity contribution in [1.29, 1.82) is 0 Å². The molecule has 0 bridgehead atoms. The first-order valence-electron chi connectivity index (χ1n) is 5.53. The second-order valence-corrected chi connectivity index (χ2v) is 7.18. The van der Waals surface area contributed by atoms with Crippen LogP contribution in [-0.4, -0.2) is 19.0 Å². The second-order valence-electron chi connectivity index (χ2n) is 5.44. The third-order valence-electron chi connectivity index (χ3n) is 3.14. The van der Waals surface area contributed by atoms with Gasteiger partial charge in [0.1, 0.15) is 0 Å². The molecule has 0 saturated heterocycles. The lowest BCUT2D eigenvalue weighted by atomic mass is 9.83. The van der Waals surface area contributed by atoms with Gasteiger partial charge in [0.05, 0.1) is 10.9 Å². The normalized spacial score (nSPS) is 24.4. The van der Waals surface area contributed by atoms with Crippen LogP contribution in [0.1, 0.15) is 26.3 Å². The smallest absolute Gasteiger partial charge is 0.205 e. The van der Waals surface area contributed by atoms with Crippen LogP contribution in [0.2, 0.25) is 0 Å². The van der Waals surface area contributed by atoms with E-state index in [1.54, 1.807) is 18.2 Å². The summed E-state index contributed by atoms with van der Waals surface area (Å²) in [5.41, 5.74) is 0.261. The molecule has 0 aliphatic carbocycles. The molecule has 0 saturated carbocycles. The zero-order valence-corrected chi connectivity index (χ0v) is 11.0. The van der Waals surface area contributed by atoms with Gasteiger partial charge in [-0.15, -0.1) is 4.48 Å². The van der Waals surface area contributed by atoms with Gasteiger partial charge < -0.3 is 0 Å². The predicted octanol–water partition coefficient (Wildman–Crippen LogP) is 2.53. The maximum absolute atomic E-state index is 14.0. The summed E-state index contributed by atoms with van der Waals surface area (Å²) in [7, 11) is -3.99. The molecular weight excluding hydrogens is 241 g/mol. The van der Waals surface area contributed by atoms with Gasteiger partial charge in [-0.25, -0.2) is 8.42 Å².